The van der Waals surface area contributed by atoms with Crippen LogP contribution < -0.4 is 11.1 Å². The van der Waals surface area contributed by atoms with E-state index < -0.39 is 12.1 Å². The molecule has 4 atom stereocenters. The first kappa shape index (κ1) is 17.6. The molecule has 1 saturated heterocycles. The molecule has 4 unspecified atom stereocenters. The van der Waals surface area contributed by atoms with Gasteiger partial charge in [-0.15, -0.1) is 0 Å². The van der Waals surface area contributed by atoms with Crippen LogP contribution in [0.4, 0.5) is 0 Å². The maximum atomic E-state index is 12.7. The van der Waals surface area contributed by atoms with Crippen molar-refractivity contribution in [2.24, 2.45) is 5.73 Å². The van der Waals surface area contributed by atoms with Crippen LogP contribution in [0, 0.1) is 0 Å². The predicted octanol–water partition coefficient (Wildman–Crippen LogP) is 1.78. The van der Waals surface area contributed by atoms with Gasteiger partial charge in [-0.25, -0.2) is 0 Å². The maximum Gasteiger partial charge on any atom is 0.241 e. The van der Waals surface area contributed by atoms with Crippen molar-refractivity contribution in [2.75, 3.05) is 0 Å². The fraction of sp³-hybridized carbons (Fsp3) is 0.350. The van der Waals surface area contributed by atoms with E-state index in [-0.39, 0.29) is 18.1 Å². The number of nitrogens with two attached hydrogens (primary N) is 1. The summed E-state index contributed by atoms with van der Waals surface area (Å²) in [6, 6.07) is 18.4. The van der Waals surface area contributed by atoms with Crippen LogP contribution in [0.5, 0.6) is 0 Å². The van der Waals surface area contributed by atoms with Crippen LogP contribution in [-0.4, -0.2) is 34.2 Å². The fourth-order valence-corrected chi connectivity index (χ4v) is 3.31. The average molecular weight is 339 g/mol. The second-order valence-corrected chi connectivity index (χ2v) is 6.60. The standard InChI is InChI=1S/C20H25N3O2/c1-14-22-18(12-17(21)19(24)16-10-6-3-7-11-16)20(25)23(14)13-15-8-4-2-5-9-15/h2-11,14,17-19,22,24H,12-13,21H2,1H3. The van der Waals surface area contributed by atoms with E-state index in [0.717, 1.165) is 11.1 Å². The van der Waals surface area contributed by atoms with E-state index in [1.54, 1.807) is 0 Å². The van der Waals surface area contributed by atoms with E-state index in [2.05, 4.69) is 5.32 Å². The van der Waals surface area contributed by atoms with E-state index in [1.165, 1.54) is 0 Å². The number of carbonyl (C=O) groups excluding carboxylic acids is 1. The van der Waals surface area contributed by atoms with Crippen molar-refractivity contribution in [2.45, 2.75) is 44.2 Å². The summed E-state index contributed by atoms with van der Waals surface area (Å²) in [7, 11) is 0. The number of aliphatic hydroxyl groups excluding tert-OH is 1. The molecule has 25 heavy (non-hydrogen) atoms. The minimum Gasteiger partial charge on any atom is -0.387 e. The molecule has 1 amide bonds. The van der Waals surface area contributed by atoms with Gasteiger partial charge in [-0.05, 0) is 24.5 Å². The Morgan fingerprint density at radius 2 is 1.72 bits per heavy atom. The molecule has 4 N–H and O–H groups in total. The van der Waals surface area contributed by atoms with Crippen LogP contribution in [0.1, 0.15) is 30.6 Å². The third kappa shape index (κ3) is 4.07. The van der Waals surface area contributed by atoms with Crippen LogP contribution in [0.3, 0.4) is 0 Å². The molecule has 1 fully saturated rings. The lowest BCUT2D eigenvalue weighted by atomic mass is 9.97. The van der Waals surface area contributed by atoms with Gasteiger partial charge in [0.25, 0.3) is 0 Å². The molecule has 2 aromatic carbocycles. The summed E-state index contributed by atoms with van der Waals surface area (Å²) < 4.78 is 0. The quantitative estimate of drug-likeness (QED) is 0.750. The summed E-state index contributed by atoms with van der Waals surface area (Å²) in [6.45, 7) is 2.54. The van der Waals surface area contributed by atoms with Gasteiger partial charge in [0.05, 0.1) is 18.3 Å². The van der Waals surface area contributed by atoms with Crippen LogP contribution in [0.25, 0.3) is 0 Å². The lowest BCUT2D eigenvalue weighted by Gasteiger charge is -2.22. The number of hydrogen-bond donors (Lipinski definition) is 3. The van der Waals surface area contributed by atoms with E-state index in [1.807, 2.05) is 72.5 Å². The predicted molar refractivity (Wildman–Crippen MR) is 97.4 cm³/mol. The maximum absolute atomic E-state index is 12.7. The average Bonchev–Trinajstić information content (AvgIpc) is 2.90. The van der Waals surface area contributed by atoms with Crippen LogP contribution >= 0.6 is 0 Å². The van der Waals surface area contributed by atoms with Crippen molar-refractivity contribution < 1.29 is 9.90 Å². The number of carbonyl (C=O) groups is 1. The van der Waals surface area contributed by atoms with Crippen molar-refractivity contribution in [1.29, 1.82) is 0 Å². The van der Waals surface area contributed by atoms with Gasteiger partial charge in [0.2, 0.25) is 5.91 Å². The molecular weight excluding hydrogens is 314 g/mol. The Morgan fingerprint density at radius 3 is 2.36 bits per heavy atom. The first-order valence-electron chi connectivity index (χ1n) is 8.65. The number of nitrogens with one attached hydrogen (secondary N) is 1. The van der Waals surface area contributed by atoms with Gasteiger partial charge in [0.1, 0.15) is 0 Å². The summed E-state index contributed by atoms with van der Waals surface area (Å²) in [4.78, 5) is 14.6. The van der Waals surface area contributed by atoms with Gasteiger partial charge in [-0.1, -0.05) is 60.7 Å². The molecule has 0 radical (unpaired) electrons. The van der Waals surface area contributed by atoms with E-state index in [9.17, 15) is 9.90 Å². The van der Waals surface area contributed by atoms with Gasteiger partial charge >= 0.3 is 0 Å². The molecule has 5 heteroatoms. The Bertz CT molecular complexity index is 693. The molecule has 5 nitrogen and oxygen atoms in total. The van der Waals surface area contributed by atoms with Crippen molar-refractivity contribution in [3.05, 3.63) is 71.8 Å². The SMILES string of the molecule is CC1NC(CC(N)C(O)c2ccccc2)C(=O)N1Cc1ccccc1. The minimum atomic E-state index is -0.783. The minimum absolute atomic E-state index is 0.0343. The second-order valence-electron chi connectivity index (χ2n) is 6.60. The van der Waals surface area contributed by atoms with Crippen LogP contribution in [0.2, 0.25) is 0 Å². The Balaban J connectivity index is 1.63. The van der Waals surface area contributed by atoms with Crippen molar-refractivity contribution in [3.63, 3.8) is 0 Å². The molecule has 1 aliphatic heterocycles. The largest absolute Gasteiger partial charge is 0.387 e. The molecule has 132 valence electrons. The summed E-state index contributed by atoms with van der Waals surface area (Å²) in [5.74, 6) is 0.0343. The summed E-state index contributed by atoms with van der Waals surface area (Å²) >= 11 is 0. The zero-order valence-electron chi connectivity index (χ0n) is 14.4. The van der Waals surface area contributed by atoms with Gasteiger partial charge in [0, 0.05) is 12.6 Å². The molecular formula is C20H25N3O2. The fourth-order valence-electron chi connectivity index (χ4n) is 3.31. The van der Waals surface area contributed by atoms with Gasteiger partial charge < -0.3 is 15.7 Å². The van der Waals surface area contributed by atoms with Gasteiger partial charge in [0.15, 0.2) is 0 Å². The molecule has 0 aliphatic carbocycles. The van der Waals surface area contributed by atoms with Crippen molar-refractivity contribution in [1.82, 2.24) is 10.2 Å². The van der Waals surface area contributed by atoms with Crippen molar-refractivity contribution >= 4 is 5.91 Å². The Labute approximate surface area is 148 Å². The highest BCUT2D eigenvalue weighted by molar-refractivity contribution is 5.84. The molecule has 3 rings (SSSR count). The highest BCUT2D eigenvalue weighted by Crippen LogP contribution is 2.22. The smallest absolute Gasteiger partial charge is 0.241 e. The Morgan fingerprint density at radius 1 is 1.12 bits per heavy atom. The number of rotatable bonds is 6. The number of aliphatic hydroxyl groups is 1. The van der Waals surface area contributed by atoms with Crippen molar-refractivity contribution in [3.8, 4) is 0 Å². The zero-order chi connectivity index (χ0) is 17.8. The molecule has 1 heterocycles. The zero-order valence-corrected chi connectivity index (χ0v) is 14.4. The summed E-state index contributed by atoms with van der Waals surface area (Å²) in [5, 5.41) is 13.7. The molecule has 0 saturated carbocycles. The first-order valence-corrected chi connectivity index (χ1v) is 8.65. The third-order valence-corrected chi connectivity index (χ3v) is 4.74. The molecule has 2 aromatic rings. The number of nitrogens with zero attached hydrogens (tertiary/aromatic N) is 1. The Hall–Kier alpha value is -2.21. The van der Waals surface area contributed by atoms with E-state index in [0.29, 0.717) is 13.0 Å². The van der Waals surface area contributed by atoms with Crippen LogP contribution in [-0.2, 0) is 11.3 Å². The summed E-state index contributed by atoms with van der Waals surface area (Å²) in [6.07, 6.45) is -0.446. The number of benzene rings is 2. The van der Waals surface area contributed by atoms with Crippen LogP contribution in [0.15, 0.2) is 60.7 Å². The normalized spacial score (nSPS) is 22.8. The lowest BCUT2D eigenvalue weighted by Crippen LogP contribution is -2.39. The highest BCUT2D eigenvalue weighted by atomic mass is 16.3. The Kier molecular flexibility index (Phi) is 5.48. The van der Waals surface area contributed by atoms with Gasteiger partial charge in [-0.2, -0.15) is 0 Å². The first-order chi connectivity index (χ1) is 12.1. The molecule has 0 aromatic heterocycles. The molecule has 1 aliphatic rings. The van der Waals surface area contributed by atoms with E-state index in [4.69, 9.17) is 5.73 Å². The summed E-state index contributed by atoms with van der Waals surface area (Å²) in [5.41, 5.74) is 8.04. The topological polar surface area (TPSA) is 78.6 Å². The van der Waals surface area contributed by atoms with Gasteiger partial charge in [-0.3, -0.25) is 10.1 Å². The monoisotopic (exact) mass is 339 g/mol. The number of hydrogen-bond acceptors (Lipinski definition) is 4. The van der Waals surface area contributed by atoms with E-state index >= 15 is 0 Å². The molecule has 0 spiro atoms. The number of amides is 1. The second kappa shape index (κ2) is 7.78. The highest BCUT2D eigenvalue weighted by Gasteiger charge is 2.38. The lowest BCUT2D eigenvalue weighted by molar-refractivity contribution is -0.130. The third-order valence-electron chi connectivity index (χ3n) is 4.74. The molecule has 0 bridgehead atoms.